The molecule has 2 rings (SSSR count). The number of methoxy groups -OCH3 is 1. The standard InChI is InChI=1S/C14H17N3O2/c1-10-11(14(18)19-3)5-4-6-12(10)16-9-13-15-7-8-17(13)2/h4-8,16H,9H2,1-3H3. The Hall–Kier alpha value is -2.30. The first-order valence-electron chi connectivity index (χ1n) is 6.01. The maximum Gasteiger partial charge on any atom is 0.338 e. The van der Waals surface area contributed by atoms with Crippen LogP contribution in [0.15, 0.2) is 30.6 Å². The lowest BCUT2D eigenvalue weighted by Gasteiger charge is -2.12. The first kappa shape index (κ1) is 13.1. The summed E-state index contributed by atoms with van der Waals surface area (Å²) in [6.45, 7) is 2.50. The number of nitrogens with one attached hydrogen (secondary N) is 1. The molecule has 0 saturated carbocycles. The Morgan fingerprint density at radius 3 is 2.89 bits per heavy atom. The molecule has 1 aromatic carbocycles. The average molecular weight is 259 g/mol. The SMILES string of the molecule is COC(=O)c1cccc(NCc2nccn2C)c1C. The maximum absolute atomic E-state index is 11.6. The zero-order chi connectivity index (χ0) is 13.8. The van der Waals surface area contributed by atoms with Gasteiger partial charge in [-0.15, -0.1) is 0 Å². The molecular formula is C14H17N3O2. The van der Waals surface area contributed by atoms with E-state index in [1.54, 1.807) is 12.3 Å². The number of esters is 1. The number of aryl methyl sites for hydroxylation is 1. The summed E-state index contributed by atoms with van der Waals surface area (Å²) in [6, 6.07) is 5.53. The number of rotatable bonds is 4. The summed E-state index contributed by atoms with van der Waals surface area (Å²) in [4.78, 5) is 15.9. The molecule has 0 amide bonds. The molecule has 100 valence electrons. The molecule has 19 heavy (non-hydrogen) atoms. The molecule has 1 heterocycles. The smallest absolute Gasteiger partial charge is 0.338 e. The van der Waals surface area contributed by atoms with E-state index in [2.05, 4.69) is 10.3 Å². The number of imidazole rings is 1. The number of anilines is 1. The zero-order valence-corrected chi connectivity index (χ0v) is 11.3. The number of benzene rings is 1. The normalized spacial score (nSPS) is 10.3. The highest BCUT2D eigenvalue weighted by Gasteiger charge is 2.11. The molecule has 0 aliphatic carbocycles. The van der Waals surface area contributed by atoms with Crippen LogP contribution in [-0.4, -0.2) is 22.6 Å². The highest BCUT2D eigenvalue weighted by Crippen LogP contribution is 2.20. The highest BCUT2D eigenvalue weighted by molar-refractivity contribution is 5.92. The van der Waals surface area contributed by atoms with Gasteiger partial charge in [-0.3, -0.25) is 0 Å². The van der Waals surface area contributed by atoms with E-state index in [0.717, 1.165) is 17.1 Å². The van der Waals surface area contributed by atoms with Crippen LogP contribution in [0.5, 0.6) is 0 Å². The molecule has 5 heteroatoms. The van der Waals surface area contributed by atoms with Crippen molar-refractivity contribution in [2.45, 2.75) is 13.5 Å². The maximum atomic E-state index is 11.6. The van der Waals surface area contributed by atoms with E-state index in [-0.39, 0.29) is 5.97 Å². The van der Waals surface area contributed by atoms with E-state index in [9.17, 15) is 4.79 Å². The summed E-state index contributed by atoms with van der Waals surface area (Å²) in [5.41, 5.74) is 2.36. The number of aromatic nitrogens is 2. The Morgan fingerprint density at radius 1 is 1.47 bits per heavy atom. The fraction of sp³-hybridized carbons (Fsp3) is 0.286. The molecule has 0 unspecified atom stereocenters. The molecule has 0 saturated heterocycles. The quantitative estimate of drug-likeness (QED) is 0.855. The van der Waals surface area contributed by atoms with Crippen molar-refractivity contribution < 1.29 is 9.53 Å². The van der Waals surface area contributed by atoms with Gasteiger partial charge in [-0.05, 0) is 24.6 Å². The molecule has 0 aliphatic rings. The van der Waals surface area contributed by atoms with Gasteiger partial charge in [0.1, 0.15) is 5.82 Å². The minimum absolute atomic E-state index is 0.321. The fourth-order valence-electron chi connectivity index (χ4n) is 1.90. The van der Waals surface area contributed by atoms with Crippen molar-refractivity contribution in [3.05, 3.63) is 47.5 Å². The summed E-state index contributed by atoms with van der Waals surface area (Å²) in [6.07, 6.45) is 3.66. The summed E-state index contributed by atoms with van der Waals surface area (Å²) in [7, 11) is 3.33. The molecule has 1 N–H and O–H groups in total. The van der Waals surface area contributed by atoms with Gasteiger partial charge in [0.2, 0.25) is 0 Å². The molecule has 5 nitrogen and oxygen atoms in total. The first-order chi connectivity index (χ1) is 9.13. The Labute approximate surface area is 112 Å². The van der Waals surface area contributed by atoms with Gasteiger partial charge in [0.25, 0.3) is 0 Å². The third kappa shape index (κ3) is 2.76. The van der Waals surface area contributed by atoms with Gasteiger partial charge in [-0.2, -0.15) is 0 Å². The van der Waals surface area contributed by atoms with Crippen molar-refractivity contribution in [2.24, 2.45) is 7.05 Å². The number of ether oxygens (including phenoxy) is 1. The predicted octanol–water partition coefficient (Wildman–Crippen LogP) is 2.13. The number of carbonyl (C=O) groups is 1. The van der Waals surface area contributed by atoms with E-state index >= 15 is 0 Å². The summed E-state index contributed by atoms with van der Waals surface area (Å²) in [5.74, 6) is 0.612. The lowest BCUT2D eigenvalue weighted by molar-refractivity contribution is 0.0600. The third-order valence-electron chi connectivity index (χ3n) is 3.10. The number of hydrogen-bond acceptors (Lipinski definition) is 4. The molecule has 1 aromatic heterocycles. The van der Waals surface area contributed by atoms with Crippen molar-refractivity contribution in [1.82, 2.24) is 9.55 Å². The van der Waals surface area contributed by atoms with Gasteiger partial charge in [0, 0.05) is 25.1 Å². The molecule has 0 spiro atoms. The average Bonchev–Trinajstić information content (AvgIpc) is 2.82. The van der Waals surface area contributed by atoms with E-state index in [4.69, 9.17) is 4.74 Å². The van der Waals surface area contributed by atoms with Gasteiger partial charge in [-0.25, -0.2) is 9.78 Å². The van der Waals surface area contributed by atoms with E-state index in [1.807, 2.05) is 36.9 Å². The monoisotopic (exact) mass is 259 g/mol. The van der Waals surface area contributed by atoms with Crippen molar-refractivity contribution >= 4 is 11.7 Å². The van der Waals surface area contributed by atoms with Crippen molar-refractivity contribution in [1.29, 1.82) is 0 Å². The summed E-state index contributed by atoms with van der Waals surface area (Å²) < 4.78 is 6.71. The lowest BCUT2D eigenvalue weighted by Crippen LogP contribution is -2.09. The fourth-order valence-corrected chi connectivity index (χ4v) is 1.90. The second-order valence-corrected chi connectivity index (χ2v) is 4.28. The lowest BCUT2D eigenvalue weighted by atomic mass is 10.1. The van der Waals surface area contributed by atoms with E-state index < -0.39 is 0 Å². The number of carbonyl (C=O) groups excluding carboxylic acids is 1. The minimum Gasteiger partial charge on any atom is -0.465 e. The van der Waals surface area contributed by atoms with Gasteiger partial charge in [0.05, 0.1) is 19.2 Å². The Kier molecular flexibility index (Phi) is 3.85. The topological polar surface area (TPSA) is 56.1 Å². The Bertz CT molecular complexity index is 590. The van der Waals surface area contributed by atoms with Gasteiger partial charge in [0.15, 0.2) is 0 Å². The largest absolute Gasteiger partial charge is 0.465 e. The molecule has 0 fully saturated rings. The molecule has 0 atom stereocenters. The third-order valence-corrected chi connectivity index (χ3v) is 3.10. The Balaban J connectivity index is 2.17. The zero-order valence-electron chi connectivity index (χ0n) is 11.3. The molecule has 0 aliphatic heterocycles. The van der Waals surface area contributed by atoms with Gasteiger partial charge < -0.3 is 14.6 Å². The molecule has 2 aromatic rings. The second kappa shape index (κ2) is 5.56. The van der Waals surface area contributed by atoms with E-state index in [0.29, 0.717) is 12.1 Å². The van der Waals surface area contributed by atoms with Crippen molar-refractivity contribution in [3.63, 3.8) is 0 Å². The molecule has 0 bridgehead atoms. The summed E-state index contributed by atoms with van der Waals surface area (Å²) >= 11 is 0. The van der Waals surface area contributed by atoms with Crippen LogP contribution in [0, 0.1) is 6.92 Å². The Morgan fingerprint density at radius 2 is 2.26 bits per heavy atom. The molecule has 0 radical (unpaired) electrons. The van der Waals surface area contributed by atoms with Crippen molar-refractivity contribution in [3.8, 4) is 0 Å². The van der Waals surface area contributed by atoms with Crippen LogP contribution in [0.3, 0.4) is 0 Å². The summed E-state index contributed by atoms with van der Waals surface area (Å²) in [5, 5.41) is 3.28. The molecular weight excluding hydrogens is 242 g/mol. The van der Waals surface area contributed by atoms with Crippen LogP contribution in [0.2, 0.25) is 0 Å². The van der Waals surface area contributed by atoms with Crippen LogP contribution in [0.25, 0.3) is 0 Å². The van der Waals surface area contributed by atoms with Crippen LogP contribution in [-0.2, 0) is 18.3 Å². The van der Waals surface area contributed by atoms with Gasteiger partial charge in [-0.1, -0.05) is 6.07 Å². The van der Waals surface area contributed by atoms with Crippen molar-refractivity contribution in [2.75, 3.05) is 12.4 Å². The van der Waals surface area contributed by atoms with Crippen LogP contribution >= 0.6 is 0 Å². The van der Waals surface area contributed by atoms with Crippen LogP contribution in [0.4, 0.5) is 5.69 Å². The van der Waals surface area contributed by atoms with Gasteiger partial charge >= 0.3 is 5.97 Å². The second-order valence-electron chi connectivity index (χ2n) is 4.28. The van der Waals surface area contributed by atoms with Crippen LogP contribution < -0.4 is 5.32 Å². The predicted molar refractivity (Wildman–Crippen MR) is 73.1 cm³/mol. The number of hydrogen-bond donors (Lipinski definition) is 1. The van der Waals surface area contributed by atoms with Crippen LogP contribution in [0.1, 0.15) is 21.7 Å². The highest BCUT2D eigenvalue weighted by atomic mass is 16.5. The first-order valence-corrected chi connectivity index (χ1v) is 6.01. The minimum atomic E-state index is -0.321. The number of nitrogens with zero attached hydrogens (tertiary/aromatic N) is 2. The van der Waals surface area contributed by atoms with E-state index in [1.165, 1.54) is 7.11 Å².